The molecule has 27 heavy (non-hydrogen) atoms. The SMILES string of the molecule is CC[Si](CC)(CC)OC1(CCO)CC2(CCCN(C(=O)OC(C)(C)C)C2)C1. The van der Waals surface area contributed by atoms with Gasteiger partial charge < -0.3 is 19.2 Å². The first kappa shape index (κ1) is 22.7. The van der Waals surface area contributed by atoms with Gasteiger partial charge in [0.05, 0.1) is 5.60 Å². The highest BCUT2D eigenvalue weighted by Crippen LogP contribution is 2.58. The normalized spacial score (nSPS) is 28.9. The summed E-state index contributed by atoms with van der Waals surface area (Å²) in [7, 11) is -1.73. The molecule has 1 amide bonds. The van der Waals surface area contributed by atoms with Crippen molar-refractivity contribution in [2.24, 2.45) is 5.41 Å². The van der Waals surface area contributed by atoms with Gasteiger partial charge >= 0.3 is 6.09 Å². The topological polar surface area (TPSA) is 59.0 Å². The van der Waals surface area contributed by atoms with Crippen molar-refractivity contribution >= 4 is 14.4 Å². The predicted molar refractivity (Wildman–Crippen MR) is 111 cm³/mol. The zero-order chi connectivity index (χ0) is 20.3. The lowest BCUT2D eigenvalue weighted by molar-refractivity contribution is -0.148. The molecule has 0 aromatic rings. The van der Waals surface area contributed by atoms with E-state index >= 15 is 0 Å². The van der Waals surface area contributed by atoms with E-state index in [0.29, 0.717) is 0 Å². The zero-order valence-corrected chi connectivity index (χ0v) is 19.4. The van der Waals surface area contributed by atoms with Gasteiger partial charge in [-0.1, -0.05) is 20.8 Å². The fraction of sp³-hybridized carbons (Fsp3) is 0.952. The quantitative estimate of drug-likeness (QED) is 0.616. The minimum Gasteiger partial charge on any atom is -0.444 e. The van der Waals surface area contributed by atoms with Gasteiger partial charge in [-0.15, -0.1) is 0 Å². The van der Waals surface area contributed by atoms with E-state index < -0.39 is 13.9 Å². The van der Waals surface area contributed by atoms with Gasteiger partial charge in [-0.3, -0.25) is 0 Å². The van der Waals surface area contributed by atoms with Crippen LogP contribution in [0.5, 0.6) is 0 Å². The molecular formula is C21H41NO4Si. The van der Waals surface area contributed by atoms with Crippen LogP contribution in [0, 0.1) is 5.41 Å². The molecule has 1 saturated heterocycles. The fourth-order valence-electron chi connectivity index (χ4n) is 5.22. The highest BCUT2D eigenvalue weighted by molar-refractivity contribution is 6.73. The van der Waals surface area contributed by atoms with Gasteiger partial charge in [0.2, 0.25) is 0 Å². The molecule has 158 valence electrons. The van der Waals surface area contributed by atoms with Crippen LogP contribution >= 0.6 is 0 Å². The van der Waals surface area contributed by atoms with E-state index in [2.05, 4.69) is 20.8 Å². The molecule has 2 fully saturated rings. The smallest absolute Gasteiger partial charge is 0.410 e. The van der Waals surface area contributed by atoms with E-state index in [1.165, 1.54) is 0 Å². The van der Waals surface area contributed by atoms with Gasteiger partial charge in [-0.2, -0.15) is 0 Å². The number of aliphatic hydroxyl groups excluding tert-OH is 1. The lowest BCUT2D eigenvalue weighted by Crippen LogP contribution is -2.63. The van der Waals surface area contributed by atoms with Crippen LogP contribution in [0.15, 0.2) is 0 Å². The first-order valence-electron chi connectivity index (χ1n) is 10.8. The largest absolute Gasteiger partial charge is 0.444 e. The third kappa shape index (κ3) is 5.27. The number of carbonyl (C=O) groups excluding carboxylic acids is 1. The maximum Gasteiger partial charge on any atom is 0.410 e. The summed E-state index contributed by atoms with van der Waals surface area (Å²) >= 11 is 0. The average Bonchev–Trinajstić information content (AvgIpc) is 2.57. The van der Waals surface area contributed by atoms with Gasteiger partial charge in [0, 0.05) is 19.7 Å². The third-order valence-corrected chi connectivity index (χ3v) is 11.4. The molecule has 0 aromatic heterocycles. The average molecular weight is 400 g/mol. The Labute approximate surface area is 166 Å². The molecule has 1 N–H and O–H groups in total. The molecule has 1 heterocycles. The molecule has 1 aliphatic carbocycles. The molecule has 1 aliphatic heterocycles. The summed E-state index contributed by atoms with van der Waals surface area (Å²) in [4.78, 5) is 14.4. The van der Waals surface area contributed by atoms with Crippen LogP contribution < -0.4 is 0 Å². The molecule has 6 heteroatoms. The summed E-state index contributed by atoms with van der Waals surface area (Å²) in [6.07, 6.45) is 4.62. The van der Waals surface area contributed by atoms with Crippen molar-refractivity contribution in [3.8, 4) is 0 Å². The summed E-state index contributed by atoms with van der Waals surface area (Å²) in [5.41, 5.74) is -0.501. The van der Waals surface area contributed by atoms with Crippen molar-refractivity contribution < 1.29 is 19.1 Å². The van der Waals surface area contributed by atoms with Crippen molar-refractivity contribution in [1.29, 1.82) is 0 Å². The van der Waals surface area contributed by atoms with E-state index in [1.807, 2.05) is 25.7 Å². The highest BCUT2D eigenvalue weighted by atomic mass is 28.4. The Morgan fingerprint density at radius 1 is 1.15 bits per heavy atom. The maximum absolute atomic E-state index is 12.5. The first-order chi connectivity index (χ1) is 12.6. The van der Waals surface area contributed by atoms with Crippen molar-refractivity contribution in [2.75, 3.05) is 19.7 Å². The summed E-state index contributed by atoms with van der Waals surface area (Å²) in [6.45, 7) is 14.2. The lowest BCUT2D eigenvalue weighted by atomic mass is 9.55. The zero-order valence-electron chi connectivity index (χ0n) is 18.4. The number of piperidine rings is 1. The van der Waals surface area contributed by atoms with Gasteiger partial charge in [-0.25, -0.2) is 4.79 Å². The Balaban J connectivity index is 2.07. The summed E-state index contributed by atoms with van der Waals surface area (Å²) in [5, 5.41) is 9.69. The number of rotatable bonds is 7. The molecular weight excluding hydrogens is 358 g/mol. The standard InChI is InChI=1S/C21H41NO4Si/c1-7-27(8-2,9-3)26-21(12-14-23)15-20(16-21)11-10-13-22(17-20)18(24)25-19(4,5)6/h23H,7-17H2,1-6H3. The van der Waals surface area contributed by atoms with Crippen LogP contribution in [0.3, 0.4) is 0 Å². The van der Waals surface area contributed by atoms with E-state index in [4.69, 9.17) is 9.16 Å². The van der Waals surface area contributed by atoms with Gasteiger partial charge in [-0.05, 0) is 76.4 Å². The minimum absolute atomic E-state index is 0.139. The van der Waals surface area contributed by atoms with Crippen molar-refractivity contribution in [1.82, 2.24) is 4.90 Å². The predicted octanol–water partition coefficient (Wildman–Crippen LogP) is 4.94. The van der Waals surface area contributed by atoms with Gasteiger partial charge in [0.15, 0.2) is 8.32 Å². The number of likely N-dealkylation sites (tertiary alicyclic amines) is 1. The summed E-state index contributed by atoms with van der Waals surface area (Å²) in [5.74, 6) is 0. The van der Waals surface area contributed by atoms with E-state index in [0.717, 1.165) is 63.3 Å². The number of hydrogen-bond acceptors (Lipinski definition) is 4. The molecule has 0 bridgehead atoms. The van der Waals surface area contributed by atoms with Crippen LogP contribution in [-0.4, -0.2) is 55.3 Å². The van der Waals surface area contributed by atoms with Crippen molar-refractivity contribution in [3.05, 3.63) is 0 Å². The van der Waals surface area contributed by atoms with Crippen LogP contribution in [0.4, 0.5) is 4.79 Å². The second kappa shape index (κ2) is 8.42. The molecule has 5 nitrogen and oxygen atoms in total. The maximum atomic E-state index is 12.5. The molecule has 2 aliphatic rings. The van der Waals surface area contributed by atoms with E-state index in [-0.39, 0.29) is 23.7 Å². The van der Waals surface area contributed by atoms with Crippen molar-refractivity contribution in [2.45, 2.75) is 103 Å². The summed E-state index contributed by atoms with van der Waals surface area (Å²) in [6, 6.07) is 3.39. The number of carbonyl (C=O) groups is 1. The molecule has 2 rings (SSSR count). The molecule has 0 atom stereocenters. The Bertz CT molecular complexity index is 499. The second-order valence-electron chi connectivity index (χ2n) is 9.86. The van der Waals surface area contributed by atoms with Crippen molar-refractivity contribution in [3.63, 3.8) is 0 Å². The van der Waals surface area contributed by atoms with Gasteiger partial charge in [0.1, 0.15) is 5.60 Å². The monoisotopic (exact) mass is 399 g/mol. The van der Waals surface area contributed by atoms with Crippen LogP contribution in [0.2, 0.25) is 18.1 Å². The summed E-state index contributed by atoms with van der Waals surface area (Å²) < 4.78 is 12.5. The number of nitrogens with zero attached hydrogens (tertiary/aromatic N) is 1. The number of ether oxygens (including phenoxy) is 1. The second-order valence-corrected chi connectivity index (χ2v) is 14.6. The van der Waals surface area contributed by atoms with E-state index in [1.54, 1.807) is 0 Å². The van der Waals surface area contributed by atoms with Gasteiger partial charge in [0.25, 0.3) is 0 Å². The van der Waals surface area contributed by atoms with Crippen LogP contribution in [-0.2, 0) is 9.16 Å². The Kier molecular flexibility index (Phi) is 7.07. The van der Waals surface area contributed by atoms with Crippen LogP contribution in [0.25, 0.3) is 0 Å². The first-order valence-corrected chi connectivity index (χ1v) is 13.4. The Hall–Kier alpha value is -0.593. The number of hydrogen-bond donors (Lipinski definition) is 1. The third-order valence-electron chi connectivity index (χ3n) is 6.64. The molecule has 1 saturated carbocycles. The number of amides is 1. The van der Waals surface area contributed by atoms with E-state index in [9.17, 15) is 9.90 Å². The number of aliphatic hydroxyl groups is 1. The minimum atomic E-state index is -1.73. The lowest BCUT2D eigenvalue weighted by Gasteiger charge is -2.61. The molecule has 1 spiro atoms. The fourth-order valence-corrected chi connectivity index (χ4v) is 8.32. The Morgan fingerprint density at radius 2 is 1.74 bits per heavy atom. The Morgan fingerprint density at radius 3 is 2.22 bits per heavy atom. The molecule has 0 aromatic carbocycles. The molecule has 0 unspecified atom stereocenters. The highest BCUT2D eigenvalue weighted by Gasteiger charge is 2.58. The van der Waals surface area contributed by atoms with Crippen LogP contribution in [0.1, 0.15) is 73.6 Å². The molecule has 0 radical (unpaired) electrons.